The molecule has 0 bridgehead atoms. The SMILES string of the molecule is CC[P+](c1ccccc1)(c1ccccc1)c1ccccc1.CNC.[Br-]. The molecular weight excluding hydrogens is 389 g/mol. The van der Waals surface area contributed by atoms with E-state index in [2.05, 4.69) is 103 Å². The molecule has 0 amide bonds. The van der Waals surface area contributed by atoms with Crippen molar-refractivity contribution in [2.24, 2.45) is 0 Å². The summed E-state index contributed by atoms with van der Waals surface area (Å²) in [6.45, 7) is 2.32. The predicted molar refractivity (Wildman–Crippen MR) is 111 cm³/mol. The lowest BCUT2D eigenvalue weighted by Crippen LogP contribution is -3.00. The van der Waals surface area contributed by atoms with E-state index in [0.29, 0.717) is 0 Å². The van der Waals surface area contributed by atoms with Crippen LogP contribution in [0.4, 0.5) is 0 Å². The number of hydrogen-bond donors (Lipinski definition) is 1. The van der Waals surface area contributed by atoms with E-state index in [1.165, 1.54) is 15.9 Å². The molecule has 3 rings (SSSR count). The lowest BCUT2D eigenvalue weighted by atomic mass is 10.4. The molecule has 0 spiro atoms. The van der Waals surface area contributed by atoms with Crippen molar-refractivity contribution >= 4 is 23.2 Å². The Morgan fingerprint density at radius 3 is 1.04 bits per heavy atom. The molecule has 0 saturated carbocycles. The van der Waals surface area contributed by atoms with Gasteiger partial charge in [0.05, 0.1) is 6.16 Å². The predicted octanol–water partition coefficient (Wildman–Crippen LogP) is 0.840. The third-order valence-electron chi connectivity index (χ3n) is 4.07. The van der Waals surface area contributed by atoms with Crippen molar-refractivity contribution in [3.63, 3.8) is 0 Å². The Balaban J connectivity index is 0.000000730. The molecular formula is C22H27BrNP. The molecule has 0 heterocycles. The third-order valence-corrected chi connectivity index (χ3v) is 8.55. The van der Waals surface area contributed by atoms with Crippen molar-refractivity contribution in [2.45, 2.75) is 6.92 Å². The Hall–Kier alpha value is -1.47. The average molecular weight is 416 g/mol. The molecule has 0 aromatic heterocycles. The summed E-state index contributed by atoms with van der Waals surface area (Å²) in [5.41, 5.74) is 0. The molecule has 0 atom stereocenters. The van der Waals surface area contributed by atoms with Crippen LogP contribution in [0.1, 0.15) is 6.92 Å². The van der Waals surface area contributed by atoms with Crippen LogP contribution < -0.4 is 38.2 Å². The maximum Gasteiger partial charge on any atom is 0.111 e. The summed E-state index contributed by atoms with van der Waals surface area (Å²) in [6, 6.07) is 33.0. The summed E-state index contributed by atoms with van der Waals surface area (Å²) in [4.78, 5) is 0. The zero-order valence-electron chi connectivity index (χ0n) is 15.2. The molecule has 0 aliphatic carbocycles. The van der Waals surface area contributed by atoms with Crippen LogP contribution in [-0.2, 0) is 0 Å². The van der Waals surface area contributed by atoms with E-state index >= 15 is 0 Å². The second kappa shape index (κ2) is 11.2. The molecule has 0 aliphatic rings. The number of halogens is 1. The summed E-state index contributed by atoms with van der Waals surface area (Å²) in [5.74, 6) is 0. The van der Waals surface area contributed by atoms with Crippen molar-refractivity contribution in [3.05, 3.63) is 91.0 Å². The van der Waals surface area contributed by atoms with Crippen LogP contribution in [0.5, 0.6) is 0 Å². The maximum atomic E-state index is 2.75. The first kappa shape index (κ1) is 21.6. The van der Waals surface area contributed by atoms with Gasteiger partial charge in [-0.25, -0.2) is 0 Å². The Labute approximate surface area is 163 Å². The van der Waals surface area contributed by atoms with E-state index in [1.54, 1.807) is 0 Å². The van der Waals surface area contributed by atoms with E-state index in [0.717, 1.165) is 6.16 Å². The van der Waals surface area contributed by atoms with Crippen LogP contribution in [0.3, 0.4) is 0 Å². The van der Waals surface area contributed by atoms with Crippen LogP contribution in [-0.4, -0.2) is 20.3 Å². The molecule has 25 heavy (non-hydrogen) atoms. The molecule has 3 aromatic rings. The monoisotopic (exact) mass is 415 g/mol. The van der Waals surface area contributed by atoms with Gasteiger partial charge in [-0.2, -0.15) is 0 Å². The summed E-state index contributed by atoms with van der Waals surface area (Å²) in [6.07, 6.45) is 1.14. The summed E-state index contributed by atoms with van der Waals surface area (Å²) >= 11 is 0. The maximum absolute atomic E-state index is 2.75. The second-order valence-corrected chi connectivity index (χ2v) is 9.43. The van der Waals surface area contributed by atoms with Gasteiger partial charge in [-0.15, -0.1) is 0 Å². The van der Waals surface area contributed by atoms with Gasteiger partial charge in [0.15, 0.2) is 0 Å². The number of hydrogen-bond acceptors (Lipinski definition) is 1. The topological polar surface area (TPSA) is 12.0 Å². The van der Waals surface area contributed by atoms with Crippen LogP contribution in [0, 0.1) is 0 Å². The quantitative estimate of drug-likeness (QED) is 0.622. The zero-order valence-corrected chi connectivity index (χ0v) is 17.7. The van der Waals surface area contributed by atoms with Crippen molar-refractivity contribution < 1.29 is 17.0 Å². The zero-order chi connectivity index (χ0) is 17.3. The van der Waals surface area contributed by atoms with Gasteiger partial charge < -0.3 is 22.3 Å². The molecule has 1 nitrogen and oxygen atoms in total. The standard InChI is InChI=1S/C20H20P.C2H7N.BrH/c1-2-21(18-12-6-3-7-13-18,19-14-8-4-9-15-19)20-16-10-5-11-17-20;1-3-2;/h3-17H,2H2,1H3;3H,1-2H3;1H/q+1;;/p-1. The highest BCUT2D eigenvalue weighted by Gasteiger charge is 2.43. The van der Waals surface area contributed by atoms with Crippen molar-refractivity contribution in [1.82, 2.24) is 5.32 Å². The Kier molecular flexibility index (Phi) is 9.67. The van der Waals surface area contributed by atoms with Crippen LogP contribution in [0.2, 0.25) is 0 Å². The molecule has 0 saturated heterocycles. The number of benzene rings is 3. The van der Waals surface area contributed by atoms with E-state index in [4.69, 9.17) is 0 Å². The fourth-order valence-corrected chi connectivity index (χ4v) is 7.08. The summed E-state index contributed by atoms with van der Waals surface area (Å²) in [7, 11) is 2.22. The van der Waals surface area contributed by atoms with Crippen molar-refractivity contribution in [2.75, 3.05) is 20.3 Å². The first-order valence-corrected chi connectivity index (χ1v) is 10.4. The molecule has 3 heteroatoms. The molecule has 1 N–H and O–H groups in total. The van der Waals surface area contributed by atoms with Gasteiger partial charge in [0.1, 0.15) is 23.2 Å². The van der Waals surface area contributed by atoms with Crippen molar-refractivity contribution in [3.8, 4) is 0 Å². The molecule has 0 radical (unpaired) electrons. The molecule has 0 fully saturated rings. The second-order valence-electron chi connectivity index (χ2n) is 5.63. The largest absolute Gasteiger partial charge is 1.00 e. The number of rotatable bonds is 4. The highest BCUT2D eigenvalue weighted by atomic mass is 79.9. The normalized spacial score (nSPS) is 10.2. The fraction of sp³-hybridized carbons (Fsp3) is 0.182. The van der Waals surface area contributed by atoms with Crippen LogP contribution >= 0.6 is 7.26 Å². The van der Waals surface area contributed by atoms with Gasteiger partial charge in [0, 0.05) is 0 Å². The first-order valence-electron chi connectivity index (χ1n) is 8.43. The van der Waals surface area contributed by atoms with E-state index in [-0.39, 0.29) is 17.0 Å². The van der Waals surface area contributed by atoms with Crippen molar-refractivity contribution in [1.29, 1.82) is 0 Å². The molecule has 0 unspecified atom stereocenters. The molecule has 3 aromatic carbocycles. The van der Waals surface area contributed by atoms with Gasteiger partial charge in [-0.1, -0.05) is 54.6 Å². The smallest absolute Gasteiger partial charge is 0.111 e. The Morgan fingerprint density at radius 2 is 0.840 bits per heavy atom. The lowest BCUT2D eigenvalue weighted by Gasteiger charge is -2.26. The fourth-order valence-electron chi connectivity index (χ4n) is 3.04. The van der Waals surface area contributed by atoms with Gasteiger partial charge in [-0.05, 0) is 57.4 Å². The Morgan fingerprint density at radius 1 is 0.600 bits per heavy atom. The van der Waals surface area contributed by atoms with Gasteiger partial charge in [0.2, 0.25) is 0 Å². The van der Waals surface area contributed by atoms with E-state index in [1.807, 2.05) is 14.1 Å². The van der Waals surface area contributed by atoms with Gasteiger partial charge in [0.25, 0.3) is 0 Å². The first-order chi connectivity index (χ1) is 11.8. The summed E-state index contributed by atoms with van der Waals surface area (Å²) < 4.78 is 0. The van der Waals surface area contributed by atoms with E-state index in [9.17, 15) is 0 Å². The highest BCUT2D eigenvalue weighted by molar-refractivity contribution is 7.95. The minimum atomic E-state index is -1.53. The van der Waals surface area contributed by atoms with Gasteiger partial charge >= 0.3 is 0 Å². The minimum Gasteiger partial charge on any atom is -1.00 e. The van der Waals surface area contributed by atoms with Crippen LogP contribution in [0.15, 0.2) is 91.0 Å². The lowest BCUT2D eigenvalue weighted by molar-refractivity contribution is -0.00000487. The molecule has 132 valence electrons. The molecule has 0 aliphatic heterocycles. The number of nitrogens with one attached hydrogen (secondary N) is 1. The highest BCUT2D eigenvalue weighted by Crippen LogP contribution is 2.54. The Bertz CT molecular complexity index is 605. The third kappa shape index (κ3) is 5.01. The summed E-state index contributed by atoms with van der Waals surface area (Å²) in [5, 5.41) is 7.14. The minimum absolute atomic E-state index is 0. The van der Waals surface area contributed by atoms with Gasteiger partial charge in [-0.3, -0.25) is 0 Å². The van der Waals surface area contributed by atoms with E-state index < -0.39 is 7.26 Å². The average Bonchev–Trinajstić information content (AvgIpc) is 2.66. The van der Waals surface area contributed by atoms with Crippen LogP contribution in [0.25, 0.3) is 0 Å².